The lowest BCUT2D eigenvalue weighted by molar-refractivity contribution is -0.122. The predicted molar refractivity (Wildman–Crippen MR) is 127 cm³/mol. The minimum absolute atomic E-state index is 0.00271. The van der Waals surface area contributed by atoms with Crippen LogP contribution in [0.5, 0.6) is 0 Å². The van der Waals surface area contributed by atoms with Crippen molar-refractivity contribution in [2.75, 3.05) is 44.8 Å². The van der Waals surface area contributed by atoms with Gasteiger partial charge in [0, 0.05) is 37.3 Å². The normalized spacial score (nSPS) is 25.6. The van der Waals surface area contributed by atoms with Gasteiger partial charge in [0.1, 0.15) is 0 Å². The number of benzene rings is 2. The summed E-state index contributed by atoms with van der Waals surface area (Å²) in [5.74, 6) is -0.0346. The third-order valence-electron chi connectivity index (χ3n) is 7.34. The third-order valence-corrected chi connectivity index (χ3v) is 7.34. The molecule has 1 amide bonds. The summed E-state index contributed by atoms with van der Waals surface area (Å²) in [4.78, 5) is 17.5. The van der Waals surface area contributed by atoms with E-state index in [9.17, 15) is 4.79 Å². The molecule has 0 radical (unpaired) electrons. The third kappa shape index (κ3) is 4.17. The van der Waals surface area contributed by atoms with Crippen LogP contribution in [0.3, 0.4) is 0 Å². The molecule has 5 rings (SSSR count). The van der Waals surface area contributed by atoms with E-state index in [4.69, 9.17) is 4.74 Å². The Bertz CT molecular complexity index is 1010. The van der Waals surface area contributed by atoms with E-state index in [0.717, 1.165) is 57.8 Å². The summed E-state index contributed by atoms with van der Waals surface area (Å²) in [5, 5.41) is 4.31. The Kier molecular flexibility index (Phi) is 5.74. The summed E-state index contributed by atoms with van der Waals surface area (Å²) in [6.07, 6.45) is 3.72. The highest BCUT2D eigenvalue weighted by Crippen LogP contribution is 2.54. The number of nitrogens with zero attached hydrogens (tertiary/aromatic N) is 3. The molecule has 1 aliphatic carbocycles. The molecule has 0 bridgehead atoms. The molecule has 2 aromatic carbocycles. The van der Waals surface area contributed by atoms with Crippen LogP contribution in [0.1, 0.15) is 35.6 Å². The Hall–Kier alpha value is -2.70. The van der Waals surface area contributed by atoms with E-state index in [1.807, 2.05) is 0 Å². The lowest BCUT2D eigenvalue weighted by Crippen LogP contribution is -2.36. The zero-order valence-electron chi connectivity index (χ0n) is 19.0. The molecular weight excluding hydrogens is 400 g/mol. The molecule has 6 nitrogen and oxygen atoms in total. The van der Waals surface area contributed by atoms with Crippen LogP contribution >= 0.6 is 0 Å². The number of fused-ring (bicyclic) bond motifs is 1. The zero-order valence-corrected chi connectivity index (χ0v) is 19.0. The van der Waals surface area contributed by atoms with Crippen molar-refractivity contribution in [1.29, 1.82) is 0 Å². The van der Waals surface area contributed by atoms with E-state index in [-0.39, 0.29) is 17.2 Å². The summed E-state index contributed by atoms with van der Waals surface area (Å²) in [7, 11) is 2.14. The number of ether oxygens (including phenoxy) is 1. The molecule has 2 atom stereocenters. The summed E-state index contributed by atoms with van der Waals surface area (Å²) in [6, 6.07) is 15.0. The molecule has 1 saturated heterocycles. The first-order valence-corrected chi connectivity index (χ1v) is 11.6. The zero-order chi connectivity index (χ0) is 22.1. The Morgan fingerprint density at radius 2 is 1.94 bits per heavy atom. The van der Waals surface area contributed by atoms with Gasteiger partial charge in [-0.2, -0.15) is 5.10 Å². The van der Waals surface area contributed by atoms with E-state index < -0.39 is 0 Å². The highest BCUT2D eigenvalue weighted by Gasteiger charge is 2.55. The Morgan fingerprint density at radius 3 is 2.72 bits per heavy atom. The van der Waals surface area contributed by atoms with Crippen LogP contribution in [-0.2, 0) is 27.9 Å². The Balaban J connectivity index is 1.20. The summed E-state index contributed by atoms with van der Waals surface area (Å²) in [5.41, 5.74) is 8.92. The van der Waals surface area contributed by atoms with E-state index in [1.54, 1.807) is 6.21 Å². The minimum atomic E-state index is -0.113. The highest BCUT2D eigenvalue weighted by molar-refractivity contribution is 5.87. The van der Waals surface area contributed by atoms with Gasteiger partial charge in [-0.05, 0) is 54.3 Å². The van der Waals surface area contributed by atoms with Crippen LogP contribution < -0.4 is 10.3 Å². The quantitative estimate of drug-likeness (QED) is 0.583. The number of anilines is 1. The number of nitrogens with one attached hydrogen (secondary N) is 1. The molecule has 2 heterocycles. The lowest BCUT2D eigenvalue weighted by Gasteiger charge is -2.29. The molecule has 2 aliphatic heterocycles. The molecular formula is C26H32N4O2. The number of carbonyl (C=O) groups excluding carboxylic acids is 1. The van der Waals surface area contributed by atoms with Crippen molar-refractivity contribution < 1.29 is 9.53 Å². The lowest BCUT2D eigenvalue weighted by atomic mass is 9.95. The summed E-state index contributed by atoms with van der Waals surface area (Å²) >= 11 is 0. The molecule has 1 N–H and O–H groups in total. The molecule has 1 saturated carbocycles. The van der Waals surface area contributed by atoms with Gasteiger partial charge in [0.15, 0.2) is 0 Å². The smallest absolute Gasteiger partial charge is 0.244 e. The average Bonchev–Trinajstić information content (AvgIpc) is 3.53. The fraction of sp³-hybridized carbons (Fsp3) is 0.462. The number of hydrazone groups is 1. The second-order valence-electron chi connectivity index (χ2n) is 9.53. The van der Waals surface area contributed by atoms with Crippen LogP contribution in [-0.4, -0.2) is 56.9 Å². The number of rotatable bonds is 5. The van der Waals surface area contributed by atoms with Gasteiger partial charge in [0.25, 0.3) is 0 Å². The number of hydrogen-bond acceptors (Lipinski definition) is 5. The molecule has 168 valence electrons. The van der Waals surface area contributed by atoms with Crippen LogP contribution in [0.2, 0.25) is 0 Å². The van der Waals surface area contributed by atoms with Crippen molar-refractivity contribution in [2.24, 2.45) is 11.0 Å². The topological polar surface area (TPSA) is 57.2 Å². The van der Waals surface area contributed by atoms with Crippen molar-refractivity contribution in [3.05, 3.63) is 64.7 Å². The fourth-order valence-corrected chi connectivity index (χ4v) is 5.05. The average molecular weight is 433 g/mol. The molecule has 32 heavy (non-hydrogen) atoms. The molecule has 2 fully saturated rings. The van der Waals surface area contributed by atoms with Crippen molar-refractivity contribution in [1.82, 2.24) is 10.3 Å². The van der Waals surface area contributed by atoms with Gasteiger partial charge in [0.2, 0.25) is 5.91 Å². The van der Waals surface area contributed by atoms with E-state index >= 15 is 0 Å². The Labute approximate surface area is 190 Å². The molecule has 2 aromatic rings. The number of carbonyl (C=O) groups is 1. The van der Waals surface area contributed by atoms with Crippen molar-refractivity contribution >= 4 is 17.8 Å². The van der Waals surface area contributed by atoms with Gasteiger partial charge >= 0.3 is 0 Å². The first kappa shape index (κ1) is 21.2. The maximum Gasteiger partial charge on any atom is 0.244 e. The number of morpholine rings is 1. The van der Waals surface area contributed by atoms with Gasteiger partial charge in [-0.25, -0.2) is 5.43 Å². The monoisotopic (exact) mass is 432 g/mol. The SMILES string of the molecule is CN1CCc2cccc(/C=N/NC(=O)C3CC3(C)c3ccc(N4CCOCC4)cc3)c2C1. The van der Waals surface area contributed by atoms with Crippen LogP contribution in [0.4, 0.5) is 5.69 Å². The van der Waals surface area contributed by atoms with Gasteiger partial charge < -0.3 is 14.5 Å². The van der Waals surface area contributed by atoms with E-state index in [0.29, 0.717) is 0 Å². The molecule has 6 heteroatoms. The number of amides is 1. The van der Waals surface area contributed by atoms with Crippen LogP contribution in [0.15, 0.2) is 47.6 Å². The summed E-state index contributed by atoms with van der Waals surface area (Å²) < 4.78 is 5.44. The van der Waals surface area contributed by atoms with Gasteiger partial charge in [-0.15, -0.1) is 0 Å². The molecule has 0 spiro atoms. The van der Waals surface area contributed by atoms with Crippen LogP contribution in [0.25, 0.3) is 0 Å². The molecule has 2 unspecified atom stereocenters. The first-order chi connectivity index (χ1) is 15.5. The second kappa shape index (κ2) is 8.68. The summed E-state index contributed by atoms with van der Waals surface area (Å²) in [6.45, 7) is 7.61. The van der Waals surface area contributed by atoms with Crippen molar-refractivity contribution in [3.8, 4) is 0 Å². The van der Waals surface area contributed by atoms with Gasteiger partial charge in [-0.3, -0.25) is 4.79 Å². The highest BCUT2D eigenvalue weighted by atomic mass is 16.5. The van der Waals surface area contributed by atoms with E-state index in [1.165, 1.54) is 22.4 Å². The molecule has 3 aliphatic rings. The maximum absolute atomic E-state index is 12.8. The standard InChI is InChI=1S/C26H32N4O2/c1-26(21-6-8-22(9-7-21)30-12-14-32-15-13-30)16-24(26)25(31)28-27-17-20-5-3-4-19-10-11-29(2)18-23(19)20/h3-9,17,24H,10-16,18H2,1-2H3,(H,28,31)/b27-17+. The fourth-order valence-electron chi connectivity index (χ4n) is 5.05. The molecule has 0 aromatic heterocycles. The predicted octanol–water partition coefficient (Wildman–Crippen LogP) is 2.94. The minimum Gasteiger partial charge on any atom is -0.378 e. The van der Waals surface area contributed by atoms with Crippen LogP contribution in [0, 0.1) is 5.92 Å². The largest absolute Gasteiger partial charge is 0.378 e. The van der Waals surface area contributed by atoms with E-state index in [2.05, 4.69) is 76.8 Å². The first-order valence-electron chi connectivity index (χ1n) is 11.6. The van der Waals surface area contributed by atoms with Crippen molar-refractivity contribution in [2.45, 2.75) is 31.7 Å². The number of hydrogen-bond donors (Lipinski definition) is 1. The van der Waals surface area contributed by atoms with Gasteiger partial charge in [0.05, 0.1) is 25.3 Å². The second-order valence-corrected chi connectivity index (χ2v) is 9.53. The Morgan fingerprint density at radius 1 is 1.16 bits per heavy atom. The van der Waals surface area contributed by atoms with Crippen molar-refractivity contribution in [3.63, 3.8) is 0 Å². The number of likely N-dealkylation sites (N-methyl/N-ethyl adjacent to an activating group) is 1. The maximum atomic E-state index is 12.8. The van der Waals surface area contributed by atoms with Gasteiger partial charge in [-0.1, -0.05) is 37.3 Å².